The highest BCUT2D eigenvalue weighted by molar-refractivity contribution is 5.98. The smallest absolute Gasteiger partial charge is 0.327 e. The molecule has 2 aromatic rings. The van der Waals surface area contributed by atoms with Gasteiger partial charge in [-0.25, -0.2) is 19.1 Å². The Morgan fingerprint density at radius 2 is 1.96 bits per heavy atom. The van der Waals surface area contributed by atoms with Gasteiger partial charge in [-0.2, -0.15) is 4.98 Å². The molecule has 1 aromatic carbocycles. The van der Waals surface area contributed by atoms with Crippen molar-refractivity contribution in [3.63, 3.8) is 0 Å². The first kappa shape index (κ1) is 21.5. The number of carbonyl (C=O) groups is 1. The van der Waals surface area contributed by atoms with Crippen LogP contribution in [0.4, 0.5) is 26.6 Å². The first-order valence-electron chi connectivity index (χ1n) is 8.98. The molecule has 9 heteroatoms. The van der Waals surface area contributed by atoms with Gasteiger partial charge in [0.25, 0.3) is 0 Å². The number of nitrogens with zero attached hydrogens (tertiary/aromatic N) is 3. The molecular weight excluding hydrogens is 365 g/mol. The molecular formula is C19H26FN5O3. The number of urea groups is 1. The van der Waals surface area contributed by atoms with Crippen LogP contribution in [0.3, 0.4) is 0 Å². The molecule has 0 aliphatic carbocycles. The summed E-state index contributed by atoms with van der Waals surface area (Å²) in [5.41, 5.74) is -0.583. The van der Waals surface area contributed by atoms with Crippen LogP contribution in [0.15, 0.2) is 36.5 Å². The second-order valence-electron chi connectivity index (χ2n) is 6.88. The van der Waals surface area contributed by atoms with Gasteiger partial charge in [0.2, 0.25) is 5.95 Å². The first-order valence-corrected chi connectivity index (χ1v) is 8.98. The number of anilines is 3. The van der Waals surface area contributed by atoms with E-state index < -0.39 is 17.4 Å². The molecule has 1 aromatic heterocycles. The van der Waals surface area contributed by atoms with Crippen molar-refractivity contribution in [3.8, 4) is 0 Å². The number of halogens is 1. The number of nitrogens with one attached hydrogen (secondary N) is 2. The maximum atomic E-state index is 13.3. The van der Waals surface area contributed by atoms with Crippen LogP contribution < -0.4 is 15.5 Å². The summed E-state index contributed by atoms with van der Waals surface area (Å²) in [5.74, 6) is 0.0874. The molecule has 0 aliphatic rings. The Balaban J connectivity index is 2.33. The summed E-state index contributed by atoms with van der Waals surface area (Å²) in [7, 11) is 0. The zero-order chi connectivity index (χ0) is 20.7. The van der Waals surface area contributed by atoms with Crippen molar-refractivity contribution in [2.75, 3.05) is 23.4 Å². The molecule has 28 heavy (non-hydrogen) atoms. The van der Waals surface area contributed by atoms with Crippen molar-refractivity contribution < 1.29 is 19.4 Å². The molecule has 0 radical (unpaired) electrons. The zero-order valence-corrected chi connectivity index (χ0v) is 16.2. The van der Waals surface area contributed by atoms with Crippen molar-refractivity contribution in [1.82, 2.24) is 15.3 Å². The molecule has 0 bridgehead atoms. The second kappa shape index (κ2) is 9.43. The molecule has 152 valence electrons. The minimum Gasteiger partial charge on any atom is -0.396 e. The highest BCUT2D eigenvalue weighted by Gasteiger charge is 2.24. The topological polar surface area (TPSA) is 111 Å². The van der Waals surface area contributed by atoms with Crippen LogP contribution in [0.25, 0.3) is 0 Å². The molecule has 2 amide bonds. The number of rotatable bonds is 8. The third-order valence-corrected chi connectivity index (χ3v) is 4.17. The average Bonchev–Trinajstić information content (AvgIpc) is 2.63. The van der Waals surface area contributed by atoms with E-state index in [1.54, 1.807) is 26.8 Å². The van der Waals surface area contributed by atoms with Crippen molar-refractivity contribution in [1.29, 1.82) is 0 Å². The van der Waals surface area contributed by atoms with Gasteiger partial charge in [-0.05, 0) is 51.5 Å². The number of carbonyl (C=O) groups excluding carboxylic acids is 1. The summed E-state index contributed by atoms with van der Waals surface area (Å²) in [4.78, 5) is 22.5. The zero-order valence-electron chi connectivity index (χ0n) is 16.2. The van der Waals surface area contributed by atoms with Crippen molar-refractivity contribution in [2.45, 2.75) is 38.8 Å². The van der Waals surface area contributed by atoms with Crippen molar-refractivity contribution >= 4 is 23.5 Å². The lowest BCUT2D eigenvalue weighted by molar-refractivity contribution is 0.0646. The maximum Gasteiger partial charge on any atom is 0.327 e. The quantitative estimate of drug-likeness (QED) is 0.515. The normalized spacial score (nSPS) is 12.4. The molecule has 4 N–H and O–H groups in total. The van der Waals surface area contributed by atoms with E-state index in [0.717, 1.165) is 0 Å². The van der Waals surface area contributed by atoms with E-state index in [-0.39, 0.29) is 31.0 Å². The molecule has 1 heterocycles. The van der Waals surface area contributed by atoms with E-state index in [1.165, 1.54) is 35.4 Å². The average molecular weight is 391 g/mol. The lowest BCUT2D eigenvalue weighted by atomic mass is 10.0. The molecule has 2 rings (SSSR count). The Morgan fingerprint density at radius 1 is 1.29 bits per heavy atom. The highest BCUT2D eigenvalue weighted by atomic mass is 19.1. The van der Waals surface area contributed by atoms with E-state index in [2.05, 4.69) is 20.6 Å². The molecule has 8 nitrogen and oxygen atoms in total. The molecule has 0 fully saturated rings. The van der Waals surface area contributed by atoms with E-state index in [0.29, 0.717) is 12.1 Å². The lowest BCUT2D eigenvalue weighted by Crippen LogP contribution is -2.40. The SMILES string of the molecule is C[C@H](Nc1nccc(N(C(=O)NCCCO)c2ccc(F)cc2)n1)C(C)(C)O. The molecule has 0 saturated carbocycles. The fourth-order valence-electron chi connectivity index (χ4n) is 2.21. The summed E-state index contributed by atoms with van der Waals surface area (Å²) in [6.45, 7) is 5.34. The minimum absolute atomic E-state index is 0.0484. The number of hydrogen-bond donors (Lipinski definition) is 4. The standard InChI is InChI=1S/C19H26FN5O3/c1-13(19(2,3)28)23-17-21-11-9-16(24-17)25(18(27)22-10-4-12-26)15-7-5-14(20)6-8-15/h5-9,11,13,26,28H,4,10,12H2,1-3H3,(H,22,27)(H,21,23,24)/t13-/m0/s1. The van der Waals surface area contributed by atoms with Gasteiger partial charge in [-0.1, -0.05) is 0 Å². The Hall–Kier alpha value is -2.78. The van der Waals surface area contributed by atoms with E-state index in [4.69, 9.17) is 5.11 Å². The van der Waals surface area contributed by atoms with Gasteiger partial charge >= 0.3 is 6.03 Å². The third-order valence-electron chi connectivity index (χ3n) is 4.17. The molecule has 0 saturated heterocycles. The fraction of sp³-hybridized carbons (Fsp3) is 0.421. The van der Waals surface area contributed by atoms with E-state index in [1.807, 2.05) is 0 Å². The number of aromatic nitrogens is 2. The van der Waals surface area contributed by atoms with Gasteiger partial charge in [0.05, 0.1) is 17.3 Å². The summed E-state index contributed by atoms with van der Waals surface area (Å²) in [5, 5.41) is 24.7. The molecule has 0 aliphatic heterocycles. The largest absolute Gasteiger partial charge is 0.396 e. The van der Waals surface area contributed by atoms with Crippen LogP contribution >= 0.6 is 0 Å². The number of benzene rings is 1. The molecule has 0 unspecified atom stereocenters. The van der Waals surface area contributed by atoms with Gasteiger partial charge < -0.3 is 20.8 Å². The van der Waals surface area contributed by atoms with Gasteiger partial charge in [0, 0.05) is 25.4 Å². The Bertz CT molecular complexity index is 780. The van der Waals surface area contributed by atoms with Gasteiger partial charge in [0.1, 0.15) is 11.6 Å². The molecule has 0 spiro atoms. The van der Waals surface area contributed by atoms with Crippen LogP contribution in [0.5, 0.6) is 0 Å². The minimum atomic E-state index is -1.00. The van der Waals surface area contributed by atoms with Crippen LogP contribution in [-0.2, 0) is 0 Å². The van der Waals surface area contributed by atoms with Crippen LogP contribution in [0.2, 0.25) is 0 Å². The number of amides is 2. The van der Waals surface area contributed by atoms with Gasteiger partial charge in [-0.3, -0.25) is 0 Å². The summed E-state index contributed by atoms with van der Waals surface area (Å²) >= 11 is 0. The van der Waals surface area contributed by atoms with Crippen molar-refractivity contribution in [3.05, 3.63) is 42.3 Å². The lowest BCUT2D eigenvalue weighted by Gasteiger charge is -2.27. The van der Waals surface area contributed by atoms with Crippen LogP contribution in [0.1, 0.15) is 27.2 Å². The monoisotopic (exact) mass is 391 g/mol. The Labute approximate surface area is 163 Å². The Kier molecular flexibility index (Phi) is 7.24. The van der Waals surface area contributed by atoms with Crippen molar-refractivity contribution in [2.24, 2.45) is 0 Å². The van der Waals surface area contributed by atoms with Crippen LogP contribution in [0, 0.1) is 5.82 Å². The first-order chi connectivity index (χ1) is 13.2. The third kappa shape index (κ3) is 5.86. The van der Waals surface area contributed by atoms with Gasteiger partial charge in [-0.15, -0.1) is 0 Å². The van der Waals surface area contributed by atoms with E-state index >= 15 is 0 Å². The number of hydrogen-bond acceptors (Lipinski definition) is 6. The molecule has 1 atom stereocenters. The number of aliphatic hydroxyl groups is 2. The maximum absolute atomic E-state index is 13.3. The predicted molar refractivity (Wildman–Crippen MR) is 105 cm³/mol. The fourth-order valence-corrected chi connectivity index (χ4v) is 2.21. The van der Waals surface area contributed by atoms with E-state index in [9.17, 15) is 14.3 Å². The van der Waals surface area contributed by atoms with Crippen LogP contribution in [-0.4, -0.2) is 51.0 Å². The predicted octanol–water partition coefficient (Wildman–Crippen LogP) is 2.42. The van der Waals surface area contributed by atoms with Gasteiger partial charge in [0.15, 0.2) is 0 Å². The Morgan fingerprint density at radius 3 is 2.57 bits per heavy atom. The highest BCUT2D eigenvalue weighted by Crippen LogP contribution is 2.25. The second-order valence-corrected chi connectivity index (χ2v) is 6.88. The summed E-state index contributed by atoms with van der Waals surface area (Å²) in [6.07, 6.45) is 1.89. The summed E-state index contributed by atoms with van der Waals surface area (Å²) in [6, 6.07) is 6.17. The summed E-state index contributed by atoms with van der Waals surface area (Å²) < 4.78 is 13.3. The number of aliphatic hydroxyl groups excluding tert-OH is 1.